The molecule has 0 amide bonds. The summed E-state index contributed by atoms with van der Waals surface area (Å²) in [6.07, 6.45) is 1.03. The van der Waals surface area contributed by atoms with E-state index in [1.807, 2.05) is 37.3 Å². The number of ether oxygens (including phenoxy) is 2. The third-order valence-corrected chi connectivity index (χ3v) is 3.50. The molecule has 3 heteroatoms. The smallest absolute Gasteiger partial charge is 0.122 e. The van der Waals surface area contributed by atoms with Crippen molar-refractivity contribution < 1.29 is 14.6 Å². The molecule has 20 heavy (non-hydrogen) atoms. The molecule has 1 N–H and O–H groups in total. The average Bonchev–Trinajstić information content (AvgIpc) is 3.23. The molecule has 3 nitrogen and oxygen atoms in total. The van der Waals surface area contributed by atoms with Crippen LogP contribution in [-0.4, -0.2) is 17.8 Å². The highest BCUT2D eigenvalue weighted by Crippen LogP contribution is 2.41. The largest absolute Gasteiger partial charge is 0.508 e. The summed E-state index contributed by atoms with van der Waals surface area (Å²) in [5.74, 6) is 0.975. The van der Waals surface area contributed by atoms with Gasteiger partial charge in [0.25, 0.3) is 0 Å². The predicted octanol–water partition coefficient (Wildman–Crippen LogP) is 3.47. The Morgan fingerprint density at radius 3 is 2.65 bits per heavy atom. The van der Waals surface area contributed by atoms with E-state index in [1.165, 1.54) is 5.56 Å². The van der Waals surface area contributed by atoms with Gasteiger partial charge in [-0.05, 0) is 24.1 Å². The fourth-order valence-electron chi connectivity index (χ4n) is 2.42. The van der Waals surface area contributed by atoms with E-state index in [0.717, 1.165) is 12.0 Å². The molecule has 2 unspecified atom stereocenters. The van der Waals surface area contributed by atoms with Crippen molar-refractivity contribution in [3.05, 3.63) is 59.7 Å². The maximum atomic E-state index is 10.0. The summed E-state index contributed by atoms with van der Waals surface area (Å²) in [5.41, 5.74) is 2.10. The highest BCUT2D eigenvalue weighted by Gasteiger charge is 2.40. The molecule has 2 aromatic carbocycles. The van der Waals surface area contributed by atoms with E-state index in [9.17, 15) is 5.11 Å². The Kier molecular flexibility index (Phi) is 3.61. The van der Waals surface area contributed by atoms with Gasteiger partial charge in [-0.15, -0.1) is 0 Å². The van der Waals surface area contributed by atoms with Crippen LogP contribution in [0.2, 0.25) is 0 Å². The first kappa shape index (κ1) is 13.0. The molecule has 2 atom stereocenters. The third kappa shape index (κ3) is 2.78. The number of phenolic OH excluding ortho intramolecular Hbond substituents is 1. The Balaban J connectivity index is 1.65. The highest BCUT2D eigenvalue weighted by atomic mass is 16.6. The van der Waals surface area contributed by atoms with Gasteiger partial charge in [-0.3, -0.25) is 0 Å². The summed E-state index contributed by atoms with van der Waals surface area (Å²) < 4.78 is 11.1. The van der Waals surface area contributed by atoms with Crippen molar-refractivity contribution in [2.75, 3.05) is 6.61 Å². The van der Waals surface area contributed by atoms with Crippen molar-refractivity contribution in [1.29, 1.82) is 0 Å². The second-order valence-electron chi connectivity index (χ2n) is 4.93. The van der Waals surface area contributed by atoms with Crippen LogP contribution < -0.4 is 4.74 Å². The average molecular weight is 270 g/mol. The van der Waals surface area contributed by atoms with Crippen LogP contribution in [0.1, 0.15) is 24.2 Å². The Morgan fingerprint density at radius 2 is 1.95 bits per heavy atom. The molecule has 2 aromatic rings. The number of benzene rings is 2. The van der Waals surface area contributed by atoms with E-state index in [4.69, 9.17) is 9.47 Å². The van der Waals surface area contributed by atoms with Gasteiger partial charge in [0.15, 0.2) is 0 Å². The maximum absolute atomic E-state index is 10.0. The molecule has 0 saturated carbocycles. The van der Waals surface area contributed by atoms with Crippen molar-refractivity contribution in [3.8, 4) is 11.5 Å². The number of hydrogen-bond donors (Lipinski definition) is 1. The molecule has 0 aliphatic carbocycles. The van der Waals surface area contributed by atoms with E-state index in [2.05, 4.69) is 12.1 Å². The van der Waals surface area contributed by atoms with Crippen LogP contribution in [0.4, 0.5) is 0 Å². The van der Waals surface area contributed by atoms with Crippen molar-refractivity contribution in [2.24, 2.45) is 0 Å². The van der Waals surface area contributed by atoms with Crippen molar-refractivity contribution in [3.63, 3.8) is 0 Å². The molecule has 3 rings (SSSR count). The minimum Gasteiger partial charge on any atom is -0.508 e. The summed E-state index contributed by atoms with van der Waals surface area (Å²) in [4.78, 5) is 0. The lowest BCUT2D eigenvalue weighted by Gasteiger charge is -2.07. The molecule has 104 valence electrons. The fourth-order valence-corrected chi connectivity index (χ4v) is 2.42. The second-order valence-corrected chi connectivity index (χ2v) is 4.93. The van der Waals surface area contributed by atoms with Crippen LogP contribution in [0.25, 0.3) is 0 Å². The van der Waals surface area contributed by atoms with Gasteiger partial charge in [0.1, 0.15) is 17.6 Å². The number of phenols is 1. The molecule has 1 aliphatic heterocycles. The molecular formula is C17H18O3. The minimum atomic E-state index is 0.154. The quantitative estimate of drug-likeness (QED) is 0.846. The van der Waals surface area contributed by atoms with Crippen molar-refractivity contribution in [2.45, 2.75) is 25.6 Å². The second kappa shape index (κ2) is 5.55. The fraction of sp³-hybridized carbons (Fsp3) is 0.294. The first-order chi connectivity index (χ1) is 9.78. The Labute approximate surface area is 118 Å². The van der Waals surface area contributed by atoms with E-state index < -0.39 is 0 Å². The molecule has 1 saturated heterocycles. The summed E-state index contributed by atoms with van der Waals surface area (Å²) >= 11 is 0. The molecular weight excluding hydrogens is 252 g/mol. The van der Waals surface area contributed by atoms with Gasteiger partial charge in [0.2, 0.25) is 0 Å². The zero-order valence-electron chi connectivity index (χ0n) is 11.5. The first-order valence-corrected chi connectivity index (χ1v) is 6.93. The van der Waals surface area contributed by atoms with E-state index >= 15 is 0 Å². The number of epoxide rings is 1. The predicted molar refractivity (Wildman–Crippen MR) is 77.0 cm³/mol. The normalized spacial score (nSPS) is 20.6. The standard InChI is InChI=1S/C17H18O3/c1-2-19-14-9-8-13(15(18)11-14)10-16-17(20-16)12-6-4-3-5-7-12/h3-9,11,16-18H,2,10H2,1H3. The van der Waals surface area contributed by atoms with Crippen molar-refractivity contribution in [1.82, 2.24) is 0 Å². The van der Waals surface area contributed by atoms with E-state index in [0.29, 0.717) is 12.4 Å². The summed E-state index contributed by atoms with van der Waals surface area (Å²) in [6.45, 7) is 2.52. The third-order valence-electron chi connectivity index (χ3n) is 3.50. The van der Waals surface area contributed by atoms with Crippen molar-refractivity contribution >= 4 is 0 Å². The van der Waals surface area contributed by atoms with E-state index in [1.54, 1.807) is 6.07 Å². The Bertz CT molecular complexity index is 580. The summed E-state index contributed by atoms with van der Waals surface area (Å²) in [7, 11) is 0. The lowest BCUT2D eigenvalue weighted by atomic mass is 10.0. The number of aromatic hydroxyl groups is 1. The van der Waals surface area contributed by atoms with Crippen LogP contribution in [-0.2, 0) is 11.2 Å². The summed E-state index contributed by atoms with van der Waals surface area (Å²) in [5, 5.41) is 10.0. The van der Waals surface area contributed by atoms with Crippen LogP contribution in [0, 0.1) is 0 Å². The molecule has 0 spiro atoms. The van der Waals surface area contributed by atoms with Gasteiger partial charge in [-0.1, -0.05) is 36.4 Å². The topological polar surface area (TPSA) is 42.0 Å². The van der Waals surface area contributed by atoms with Gasteiger partial charge >= 0.3 is 0 Å². The Morgan fingerprint density at radius 1 is 1.15 bits per heavy atom. The van der Waals surface area contributed by atoms with Gasteiger partial charge in [0.05, 0.1) is 12.7 Å². The monoisotopic (exact) mass is 270 g/mol. The molecule has 0 aromatic heterocycles. The van der Waals surface area contributed by atoms with E-state index in [-0.39, 0.29) is 18.0 Å². The molecule has 1 aliphatic rings. The first-order valence-electron chi connectivity index (χ1n) is 6.93. The Hall–Kier alpha value is -2.00. The highest BCUT2D eigenvalue weighted by molar-refractivity contribution is 5.40. The maximum Gasteiger partial charge on any atom is 0.122 e. The molecule has 0 radical (unpaired) electrons. The molecule has 1 heterocycles. The lowest BCUT2D eigenvalue weighted by Crippen LogP contribution is -1.97. The number of hydrogen-bond acceptors (Lipinski definition) is 3. The molecule has 1 fully saturated rings. The van der Waals surface area contributed by atoms with Gasteiger partial charge in [-0.2, -0.15) is 0 Å². The van der Waals surface area contributed by atoms with Crippen LogP contribution in [0.5, 0.6) is 11.5 Å². The van der Waals surface area contributed by atoms with Crippen LogP contribution >= 0.6 is 0 Å². The van der Waals surface area contributed by atoms with Crippen LogP contribution in [0.3, 0.4) is 0 Å². The zero-order chi connectivity index (χ0) is 13.9. The van der Waals surface area contributed by atoms with Crippen LogP contribution in [0.15, 0.2) is 48.5 Å². The number of rotatable bonds is 5. The SMILES string of the molecule is CCOc1ccc(CC2OC2c2ccccc2)c(O)c1. The minimum absolute atomic E-state index is 0.154. The van der Waals surface area contributed by atoms with Gasteiger partial charge in [0, 0.05) is 12.5 Å². The summed E-state index contributed by atoms with van der Waals surface area (Å²) in [6, 6.07) is 15.6. The zero-order valence-corrected chi connectivity index (χ0v) is 11.5. The van der Waals surface area contributed by atoms with Gasteiger partial charge < -0.3 is 14.6 Å². The molecule has 0 bridgehead atoms. The lowest BCUT2D eigenvalue weighted by molar-refractivity contribution is 0.337. The van der Waals surface area contributed by atoms with Gasteiger partial charge in [-0.25, -0.2) is 0 Å².